The van der Waals surface area contributed by atoms with Crippen molar-refractivity contribution < 1.29 is 14.4 Å². The summed E-state index contributed by atoms with van der Waals surface area (Å²) in [5, 5.41) is 8.57. The van der Waals surface area contributed by atoms with Gasteiger partial charge >= 0.3 is 0 Å². The molecular weight excluding hydrogens is 360 g/mol. The Morgan fingerprint density at radius 3 is 2.61 bits per heavy atom. The van der Waals surface area contributed by atoms with Crippen LogP contribution in [0.25, 0.3) is 5.69 Å². The Kier molecular flexibility index (Phi) is 4.79. The third-order valence-corrected chi connectivity index (χ3v) is 5.22. The van der Waals surface area contributed by atoms with Crippen LogP contribution in [0.3, 0.4) is 0 Å². The number of pyridine rings is 1. The van der Waals surface area contributed by atoms with Crippen LogP contribution < -0.4 is 21.5 Å². The van der Waals surface area contributed by atoms with Gasteiger partial charge in [0.2, 0.25) is 11.8 Å². The zero-order chi connectivity index (χ0) is 19.7. The molecule has 2 aliphatic heterocycles. The van der Waals surface area contributed by atoms with Crippen LogP contribution in [0.4, 0.5) is 5.69 Å². The van der Waals surface area contributed by atoms with Gasteiger partial charge in [0.25, 0.3) is 5.56 Å². The van der Waals surface area contributed by atoms with E-state index in [2.05, 4.69) is 16.0 Å². The average molecular weight is 380 g/mol. The Morgan fingerprint density at radius 1 is 1.07 bits per heavy atom. The molecule has 0 saturated carbocycles. The molecule has 144 valence electrons. The quantitative estimate of drug-likeness (QED) is 0.653. The van der Waals surface area contributed by atoms with Gasteiger partial charge in [-0.25, -0.2) is 0 Å². The highest BCUT2D eigenvalue weighted by Crippen LogP contribution is 2.24. The molecule has 1 aromatic heterocycles. The van der Waals surface area contributed by atoms with E-state index in [1.165, 1.54) is 10.6 Å². The molecule has 0 radical (unpaired) electrons. The number of nitrogens with one attached hydrogen (secondary N) is 3. The van der Waals surface area contributed by atoms with Crippen molar-refractivity contribution in [3.63, 3.8) is 0 Å². The van der Waals surface area contributed by atoms with E-state index in [0.29, 0.717) is 24.3 Å². The molecule has 28 heavy (non-hydrogen) atoms. The first-order valence-corrected chi connectivity index (χ1v) is 9.18. The number of ketones is 1. The third kappa shape index (κ3) is 3.34. The number of hydrogen-bond donors (Lipinski definition) is 3. The molecule has 1 aromatic carbocycles. The van der Waals surface area contributed by atoms with E-state index in [-0.39, 0.29) is 23.3 Å². The first kappa shape index (κ1) is 18.1. The fraction of sp³-hybridized carbons (Fsp3) is 0.300. The van der Waals surface area contributed by atoms with Crippen molar-refractivity contribution in [2.75, 3.05) is 18.4 Å². The van der Waals surface area contributed by atoms with E-state index < -0.39 is 17.7 Å². The SMILES string of the molecule is O=C(Nc1ccc(-n2ccccc2=O)cc1)C1C(=O)NC2CCNCC2C1=O. The maximum atomic E-state index is 12.7. The molecule has 3 unspecified atom stereocenters. The highest BCUT2D eigenvalue weighted by molar-refractivity contribution is 6.23. The Bertz CT molecular complexity index is 982. The Labute approximate surface area is 160 Å². The summed E-state index contributed by atoms with van der Waals surface area (Å²) in [4.78, 5) is 49.5. The fourth-order valence-electron chi connectivity index (χ4n) is 3.75. The predicted octanol–water partition coefficient (Wildman–Crippen LogP) is 0.0692. The van der Waals surface area contributed by atoms with Crippen molar-refractivity contribution in [3.8, 4) is 5.69 Å². The van der Waals surface area contributed by atoms with E-state index in [1.807, 2.05) is 0 Å². The standard InChI is InChI=1S/C20H20N4O4/c25-16-3-1-2-10-24(16)13-6-4-12(5-7-13)22-19(27)17-18(26)14-11-21-9-8-15(14)23-20(17)28/h1-7,10,14-15,17,21H,8-9,11H2,(H,22,27)(H,23,28). The molecule has 8 nitrogen and oxygen atoms in total. The van der Waals surface area contributed by atoms with Crippen molar-refractivity contribution in [3.05, 3.63) is 59.0 Å². The number of carbonyl (C=O) groups is 3. The molecule has 2 aromatic rings. The molecule has 0 spiro atoms. The van der Waals surface area contributed by atoms with Crippen LogP contribution in [0, 0.1) is 11.8 Å². The van der Waals surface area contributed by atoms with E-state index in [0.717, 1.165) is 6.54 Å². The number of aromatic nitrogens is 1. The van der Waals surface area contributed by atoms with Gasteiger partial charge in [0.15, 0.2) is 11.7 Å². The molecule has 3 N–H and O–H groups in total. The van der Waals surface area contributed by atoms with E-state index >= 15 is 0 Å². The lowest BCUT2D eigenvalue weighted by Gasteiger charge is -2.37. The second-order valence-corrected chi connectivity index (χ2v) is 6.99. The lowest BCUT2D eigenvalue weighted by molar-refractivity contribution is -0.146. The zero-order valence-corrected chi connectivity index (χ0v) is 15.1. The number of anilines is 1. The maximum absolute atomic E-state index is 12.7. The molecule has 3 atom stereocenters. The molecule has 0 bridgehead atoms. The molecule has 3 heterocycles. The molecule has 4 rings (SSSR count). The first-order chi connectivity index (χ1) is 13.5. The number of rotatable bonds is 3. The van der Waals surface area contributed by atoms with Crippen LogP contribution in [0.15, 0.2) is 53.5 Å². The minimum Gasteiger partial charge on any atom is -0.351 e. The first-order valence-electron chi connectivity index (χ1n) is 9.18. The minimum absolute atomic E-state index is 0.167. The van der Waals surface area contributed by atoms with Gasteiger partial charge in [-0.2, -0.15) is 0 Å². The number of carbonyl (C=O) groups excluding carboxylic acids is 3. The van der Waals surface area contributed by atoms with Gasteiger partial charge < -0.3 is 16.0 Å². The number of hydrogen-bond acceptors (Lipinski definition) is 5. The molecule has 0 aliphatic carbocycles. The highest BCUT2D eigenvalue weighted by Gasteiger charge is 2.47. The summed E-state index contributed by atoms with van der Waals surface area (Å²) in [6.45, 7) is 1.20. The van der Waals surface area contributed by atoms with Crippen LogP contribution in [-0.4, -0.2) is 41.3 Å². The van der Waals surface area contributed by atoms with Gasteiger partial charge in [-0.1, -0.05) is 6.07 Å². The molecule has 8 heteroatoms. The molecule has 2 saturated heterocycles. The van der Waals surface area contributed by atoms with E-state index in [9.17, 15) is 19.2 Å². The van der Waals surface area contributed by atoms with Crippen LogP contribution >= 0.6 is 0 Å². The minimum atomic E-state index is -1.35. The van der Waals surface area contributed by atoms with E-state index in [4.69, 9.17) is 0 Å². The Morgan fingerprint density at radius 2 is 1.86 bits per heavy atom. The second-order valence-electron chi connectivity index (χ2n) is 6.99. The Balaban J connectivity index is 1.49. The number of piperidine rings is 2. The van der Waals surface area contributed by atoms with Crippen molar-refractivity contribution >= 4 is 23.3 Å². The van der Waals surface area contributed by atoms with Gasteiger partial charge in [0.1, 0.15) is 0 Å². The molecule has 2 amide bonds. The predicted molar refractivity (Wildman–Crippen MR) is 102 cm³/mol. The largest absolute Gasteiger partial charge is 0.351 e. The smallest absolute Gasteiger partial charge is 0.255 e. The zero-order valence-electron chi connectivity index (χ0n) is 15.1. The Hall–Kier alpha value is -3.26. The number of benzene rings is 1. The summed E-state index contributed by atoms with van der Waals surface area (Å²) in [5.41, 5.74) is 0.924. The topological polar surface area (TPSA) is 109 Å². The number of amides is 2. The summed E-state index contributed by atoms with van der Waals surface area (Å²) in [6.07, 6.45) is 2.33. The highest BCUT2D eigenvalue weighted by atomic mass is 16.2. The van der Waals surface area contributed by atoms with Crippen LogP contribution in [0.2, 0.25) is 0 Å². The van der Waals surface area contributed by atoms with Crippen LogP contribution in [0.5, 0.6) is 0 Å². The normalized spacial score (nSPS) is 24.2. The molecule has 2 fully saturated rings. The maximum Gasteiger partial charge on any atom is 0.255 e. The van der Waals surface area contributed by atoms with E-state index in [1.54, 1.807) is 42.6 Å². The third-order valence-electron chi connectivity index (χ3n) is 5.22. The summed E-state index contributed by atoms with van der Waals surface area (Å²) in [7, 11) is 0. The lowest BCUT2D eigenvalue weighted by Crippen LogP contribution is -2.62. The number of Topliss-reactive ketones (excluding diaryl/α,β-unsaturated/α-hetero) is 1. The van der Waals surface area contributed by atoms with Gasteiger partial charge in [0.05, 0.1) is 5.92 Å². The van der Waals surface area contributed by atoms with Gasteiger partial charge in [-0.15, -0.1) is 0 Å². The summed E-state index contributed by atoms with van der Waals surface area (Å²) in [6, 6.07) is 11.3. The monoisotopic (exact) mass is 380 g/mol. The summed E-state index contributed by atoms with van der Waals surface area (Å²) < 4.78 is 1.47. The second kappa shape index (κ2) is 7.40. The number of fused-ring (bicyclic) bond motifs is 1. The van der Waals surface area contributed by atoms with Gasteiger partial charge in [-0.05, 0) is 43.3 Å². The van der Waals surface area contributed by atoms with Crippen molar-refractivity contribution in [2.45, 2.75) is 12.5 Å². The molecular formula is C20H20N4O4. The summed E-state index contributed by atoms with van der Waals surface area (Å²) in [5.74, 6) is -3.26. The summed E-state index contributed by atoms with van der Waals surface area (Å²) >= 11 is 0. The van der Waals surface area contributed by atoms with Crippen LogP contribution in [-0.2, 0) is 14.4 Å². The lowest BCUT2D eigenvalue weighted by atomic mass is 9.79. The number of nitrogens with zero attached hydrogens (tertiary/aromatic N) is 1. The average Bonchev–Trinajstić information content (AvgIpc) is 2.69. The van der Waals surface area contributed by atoms with Crippen molar-refractivity contribution in [1.82, 2.24) is 15.2 Å². The van der Waals surface area contributed by atoms with Gasteiger partial charge in [0, 0.05) is 36.2 Å². The van der Waals surface area contributed by atoms with Crippen LogP contribution in [0.1, 0.15) is 6.42 Å². The van der Waals surface area contributed by atoms with Crippen molar-refractivity contribution in [1.29, 1.82) is 0 Å². The van der Waals surface area contributed by atoms with Crippen molar-refractivity contribution in [2.24, 2.45) is 11.8 Å². The fourth-order valence-corrected chi connectivity index (χ4v) is 3.75. The molecule has 2 aliphatic rings. The van der Waals surface area contributed by atoms with Gasteiger partial charge in [-0.3, -0.25) is 23.7 Å².